The van der Waals surface area contributed by atoms with Crippen LogP contribution in [-0.2, 0) is 14.3 Å². The van der Waals surface area contributed by atoms with Gasteiger partial charge in [-0.05, 0) is 31.2 Å². The number of hydrogen-bond acceptors (Lipinski definition) is 4. The maximum Gasteiger partial charge on any atom is 0.307 e. The Morgan fingerprint density at radius 3 is 2.52 bits per heavy atom. The molecule has 144 valence electrons. The van der Waals surface area contributed by atoms with Crippen molar-refractivity contribution in [3.63, 3.8) is 0 Å². The van der Waals surface area contributed by atoms with E-state index in [0.717, 1.165) is 58.4 Å². The molecule has 0 aromatic heterocycles. The largest absolute Gasteiger partial charge is 0.458 e. The van der Waals surface area contributed by atoms with Crippen LogP contribution >= 0.6 is 0 Å². The van der Waals surface area contributed by atoms with Gasteiger partial charge in [-0.3, -0.25) is 14.5 Å². The van der Waals surface area contributed by atoms with Gasteiger partial charge in [-0.25, -0.2) is 0 Å². The highest BCUT2D eigenvalue weighted by Crippen LogP contribution is 2.46. The molecule has 2 saturated heterocycles. The van der Waals surface area contributed by atoms with Crippen LogP contribution in [0.2, 0.25) is 0 Å². The second kappa shape index (κ2) is 7.85. The number of piperazine rings is 1. The average molecular weight is 368 g/mol. The second-order valence-electron chi connectivity index (χ2n) is 7.94. The Kier molecular flexibility index (Phi) is 5.30. The Hall–Kier alpha value is -2.14. The van der Waals surface area contributed by atoms with E-state index in [1.165, 1.54) is 5.56 Å². The lowest BCUT2D eigenvalue weighted by Gasteiger charge is -2.37. The van der Waals surface area contributed by atoms with Crippen molar-refractivity contribution in [3.05, 3.63) is 42.0 Å². The highest BCUT2D eigenvalue weighted by molar-refractivity contribution is 5.88. The lowest BCUT2D eigenvalue weighted by atomic mass is 9.84. The van der Waals surface area contributed by atoms with E-state index in [2.05, 4.69) is 29.2 Å². The molecule has 1 spiro atoms. The summed E-state index contributed by atoms with van der Waals surface area (Å²) in [7, 11) is 0. The van der Waals surface area contributed by atoms with Gasteiger partial charge in [0.05, 0.1) is 12.3 Å². The fourth-order valence-corrected chi connectivity index (χ4v) is 4.70. The summed E-state index contributed by atoms with van der Waals surface area (Å²) < 4.78 is 5.64. The summed E-state index contributed by atoms with van der Waals surface area (Å²) in [6, 6.07) is 10.3. The zero-order valence-electron chi connectivity index (χ0n) is 15.8. The lowest BCUT2D eigenvalue weighted by molar-refractivity contribution is -0.152. The van der Waals surface area contributed by atoms with Gasteiger partial charge in [-0.2, -0.15) is 0 Å². The Morgan fingerprint density at radius 2 is 1.81 bits per heavy atom. The number of carbonyl (C=O) groups is 2. The molecule has 1 amide bonds. The molecule has 5 heteroatoms. The molecule has 2 heterocycles. The van der Waals surface area contributed by atoms with E-state index in [9.17, 15) is 9.59 Å². The van der Waals surface area contributed by atoms with Crippen LogP contribution in [0.1, 0.15) is 37.7 Å². The van der Waals surface area contributed by atoms with Crippen LogP contribution in [0.15, 0.2) is 36.4 Å². The van der Waals surface area contributed by atoms with Gasteiger partial charge in [0, 0.05) is 32.7 Å². The lowest BCUT2D eigenvalue weighted by Crippen LogP contribution is -2.52. The highest BCUT2D eigenvalue weighted by Gasteiger charge is 2.54. The van der Waals surface area contributed by atoms with Crippen LogP contribution in [0.5, 0.6) is 0 Å². The maximum atomic E-state index is 13.1. The molecule has 1 unspecified atom stereocenters. The summed E-state index contributed by atoms with van der Waals surface area (Å²) in [6.45, 7) is 4.11. The van der Waals surface area contributed by atoms with Crippen molar-refractivity contribution >= 4 is 18.0 Å². The zero-order valence-corrected chi connectivity index (χ0v) is 15.8. The SMILES string of the molecule is O=C1CC(C(=O)N2CCN(C/C=C/c3ccccc3)CC2)C2(CCCC2)O1. The van der Waals surface area contributed by atoms with E-state index < -0.39 is 5.60 Å². The molecule has 1 atom stereocenters. The van der Waals surface area contributed by atoms with Gasteiger partial charge in [0.25, 0.3) is 0 Å². The summed E-state index contributed by atoms with van der Waals surface area (Å²) in [4.78, 5) is 29.3. The van der Waals surface area contributed by atoms with E-state index in [4.69, 9.17) is 4.74 Å². The van der Waals surface area contributed by atoms with Crippen LogP contribution in [0, 0.1) is 5.92 Å². The molecular weight excluding hydrogens is 340 g/mol. The van der Waals surface area contributed by atoms with Crippen LogP contribution in [0.25, 0.3) is 6.08 Å². The van der Waals surface area contributed by atoms with Gasteiger partial charge < -0.3 is 9.64 Å². The standard InChI is InChI=1S/C22H28N2O3/c25-20-17-19(22(27-20)10-4-5-11-22)21(26)24-15-13-23(14-16-24)12-6-9-18-7-2-1-3-8-18/h1-3,6-9,19H,4-5,10-17H2/b9-6+. The third kappa shape index (κ3) is 3.93. The molecule has 0 bridgehead atoms. The van der Waals surface area contributed by atoms with Gasteiger partial charge in [0.2, 0.25) is 5.91 Å². The first-order valence-electron chi connectivity index (χ1n) is 10.1. The smallest absolute Gasteiger partial charge is 0.307 e. The molecule has 3 fully saturated rings. The van der Waals surface area contributed by atoms with E-state index >= 15 is 0 Å². The number of benzene rings is 1. The number of esters is 1. The molecular formula is C22H28N2O3. The monoisotopic (exact) mass is 368 g/mol. The van der Waals surface area contributed by atoms with Gasteiger partial charge in [-0.15, -0.1) is 0 Å². The maximum absolute atomic E-state index is 13.1. The Morgan fingerprint density at radius 1 is 1.11 bits per heavy atom. The molecule has 1 aliphatic carbocycles. The molecule has 2 aliphatic heterocycles. The summed E-state index contributed by atoms with van der Waals surface area (Å²) >= 11 is 0. The summed E-state index contributed by atoms with van der Waals surface area (Å²) in [5.74, 6) is -0.334. The first-order chi connectivity index (χ1) is 13.2. The first kappa shape index (κ1) is 18.2. The summed E-state index contributed by atoms with van der Waals surface area (Å²) in [5.41, 5.74) is 0.711. The molecule has 3 aliphatic rings. The molecule has 1 aromatic carbocycles. The van der Waals surface area contributed by atoms with Crippen LogP contribution in [0.3, 0.4) is 0 Å². The summed E-state index contributed by atoms with van der Waals surface area (Å²) in [5, 5.41) is 0. The Bertz CT molecular complexity index is 702. The minimum absolute atomic E-state index is 0.127. The van der Waals surface area contributed by atoms with Crippen molar-refractivity contribution in [1.29, 1.82) is 0 Å². The van der Waals surface area contributed by atoms with Crippen LogP contribution in [0.4, 0.5) is 0 Å². The highest BCUT2D eigenvalue weighted by atomic mass is 16.6. The van der Waals surface area contributed by atoms with E-state index in [1.54, 1.807) is 0 Å². The normalized spacial score (nSPS) is 25.4. The predicted octanol–water partition coefficient (Wildman–Crippen LogP) is 2.72. The fraction of sp³-hybridized carbons (Fsp3) is 0.545. The minimum Gasteiger partial charge on any atom is -0.458 e. The fourth-order valence-electron chi connectivity index (χ4n) is 4.70. The third-order valence-electron chi connectivity index (χ3n) is 6.23. The number of rotatable bonds is 4. The zero-order chi connectivity index (χ0) is 18.7. The van der Waals surface area contributed by atoms with Crippen LogP contribution < -0.4 is 0 Å². The molecule has 1 saturated carbocycles. The molecule has 0 radical (unpaired) electrons. The molecule has 5 nitrogen and oxygen atoms in total. The second-order valence-corrected chi connectivity index (χ2v) is 7.94. The predicted molar refractivity (Wildman–Crippen MR) is 104 cm³/mol. The first-order valence-corrected chi connectivity index (χ1v) is 10.1. The number of amides is 1. The van der Waals surface area contributed by atoms with Crippen molar-refractivity contribution in [2.24, 2.45) is 5.92 Å². The van der Waals surface area contributed by atoms with E-state index in [-0.39, 0.29) is 24.2 Å². The van der Waals surface area contributed by atoms with Gasteiger partial charge in [0.15, 0.2) is 0 Å². The molecule has 4 rings (SSSR count). The van der Waals surface area contributed by atoms with Crippen molar-refractivity contribution < 1.29 is 14.3 Å². The Labute approximate surface area is 161 Å². The minimum atomic E-state index is -0.496. The van der Waals surface area contributed by atoms with Gasteiger partial charge in [-0.1, -0.05) is 42.5 Å². The van der Waals surface area contributed by atoms with Crippen molar-refractivity contribution in [3.8, 4) is 0 Å². The quantitative estimate of drug-likeness (QED) is 0.767. The topological polar surface area (TPSA) is 49.9 Å². The summed E-state index contributed by atoms with van der Waals surface area (Å²) in [6.07, 6.45) is 8.39. The van der Waals surface area contributed by atoms with Crippen molar-refractivity contribution in [1.82, 2.24) is 9.80 Å². The van der Waals surface area contributed by atoms with Crippen molar-refractivity contribution in [2.45, 2.75) is 37.7 Å². The Balaban J connectivity index is 1.29. The van der Waals surface area contributed by atoms with E-state index in [0.29, 0.717) is 0 Å². The number of carbonyl (C=O) groups excluding carboxylic acids is 2. The number of nitrogens with zero attached hydrogens (tertiary/aromatic N) is 2. The number of hydrogen-bond donors (Lipinski definition) is 0. The molecule has 27 heavy (non-hydrogen) atoms. The molecule has 0 N–H and O–H groups in total. The average Bonchev–Trinajstić information content (AvgIpc) is 3.29. The van der Waals surface area contributed by atoms with Crippen LogP contribution in [-0.4, -0.2) is 60.0 Å². The molecule has 1 aromatic rings. The number of ether oxygens (including phenoxy) is 1. The third-order valence-corrected chi connectivity index (χ3v) is 6.23. The van der Waals surface area contributed by atoms with Gasteiger partial charge >= 0.3 is 5.97 Å². The van der Waals surface area contributed by atoms with Crippen molar-refractivity contribution in [2.75, 3.05) is 32.7 Å². The van der Waals surface area contributed by atoms with E-state index in [1.807, 2.05) is 23.1 Å². The van der Waals surface area contributed by atoms with Gasteiger partial charge in [0.1, 0.15) is 5.60 Å².